The van der Waals surface area contributed by atoms with Gasteiger partial charge in [-0.3, -0.25) is 30.6 Å². The zero-order valence-electron chi connectivity index (χ0n) is 13.3. The van der Waals surface area contributed by atoms with Crippen molar-refractivity contribution in [2.24, 2.45) is 0 Å². The number of rotatable bonds is 4. The second-order valence-electron chi connectivity index (χ2n) is 5.46. The van der Waals surface area contributed by atoms with E-state index >= 15 is 0 Å². The van der Waals surface area contributed by atoms with Crippen LogP contribution in [0.2, 0.25) is 5.02 Å². The summed E-state index contributed by atoms with van der Waals surface area (Å²) in [6, 6.07) is 11.0. The number of carbonyl (C=O) groups is 2. The fourth-order valence-electron chi connectivity index (χ4n) is 2.49. The van der Waals surface area contributed by atoms with Crippen molar-refractivity contribution in [2.45, 2.75) is 6.42 Å². The highest BCUT2D eigenvalue weighted by atomic mass is 35.5. The molecule has 9 heteroatoms. The first-order chi connectivity index (χ1) is 12.5. The van der Waals surface area contributed by atoms with E-state index in [0.29, 0.717) is 0 Å². The lowest BCUT2D eigenvalue weighted by Crippen LogP contribution is -2.42. The summed E-state index contributed by atoms with van der Waals surface area (Å²) in [7, 11) is 0. The number of halogens is 1. The molecule has 1 aromatic heterocycles. The number of non-ortho nitro benzene ring substituents is 1. The van der Waals surface area contributed by atoms with E-state index in [2.05, 4.69) is 15.8 Å². The third-order valence-electron chi connectivity index (χ3n) is 3.75. The Kier molecular flexibility index (Phi) is 4.85. The lowest BCUT2D eigenvalue weighted by molar-refractivity contribution is -0.384. The summed E-state index contributed by atoms with van der Waals surface area (Å²) in [6.07, 6.45) is 1.77. The quantitative estimate of drug-likeness (QED) is 0.482. The fourth-order valence-corrected chi connectivity index (χ4v) is 2.69. The third-order valence-corrected chi connectivity index (χ3v) is 4.08. The highest BCUT2D eigenvalue weighted by Crippen LogP contribution is 2.22. The number of H-pyrrole nitrogens is 1. The van der Waals surface area contributed by atoms with Gasteiger partial charge in [-0.1, -0.05) is 29.8 Å². The molecule has 0 bridgehead atoms. The number of benzene rings is 2. The van der Waals surface area contributed by atoms with E-state index < -0.39 is 16.7 Å². The second kappa shape index (κ2) is 7.24. The Morgan fingerprint density at radius 3 is 2.69 bits per heavy atom. The summed E-state index contributed by atoms with van der Waals surface area (Å²) in [5, 5.41) is 11.7. The highest BCUT2D eigenvalue weighted by Gasteiger charge is 2.16. The number of nitrogens with one attached hydrogen (secondary N) is 3. The fraction of sp³-hybridized carbons (Fsp3) is 0.0588. The molecule has 2 amide bonds. The Balaban J connectivity index is 1.65. The zero-order valence-corrected chi connectivity index (χ0v) is 14.0. The number of nitro benzene ring substituents is 1. The summed E-state index contributed by atoms with van der Waals surface area (Å²) in [4.78, 5) is 37.4. The largest absolute Gasteiger partial charge is 0.361 e. The number of aromatic amines is 1. The van der Waals surface area contributed by atoms with Crippen molar-refractivity contribution in [3.63, 3.8) is 0 Å². The third kappa shape index (κ3) is 3.65. The molecular weight excluding hydrogens is 360 g/mol. The van der Waals surface area contributed by atoms with E-state index in [0.717, 1.165) is 22.5 Å². The minimum Gasteiger partial charge on any atom is -0.361 e. The van der Waals surface area contributed by atoms with Crippen LogP contribution in [0.1, 0.15) is 15.9 Å². The van der Waals surface area contributed by atoms with E-state index in [-0.39, 0.29) is 22.7 Å². The Morgan fingerprint density at radius 2 is 1.92 bits per heavy atom. The molecule has 3 rings (SSSR count). The van der Waals surface area contributed by atoms with Gasteiger partial charge >= 0.3 is 0 Å². The van der Waals surface area contributed by atoms with Gasteiger partial charge in [0.15, 0.2) is 0 Å². The van der Waals surface area contributed by atoms with Crippen molar-refractivity contribution in [3.05, 3.63) is 74.9 Å². The molecule has 2 aromatic carbocycles. The SMILES string of the molecule is O=C(Cc1c[nH]c2ccccc12)NNC(=O)c1cc([N+](=O)[O-])ccc1Cl. The molecule has 0 aliphatic rings. The maximum Gasteiger partial charge on any atom is 0.271 e. The molecule has 0 atom stereocenters. The predicted molar refractivity (Wildman–Crippen MR) is 95.7 cm³/mol. The highest BCUT2D eigenvalue weighted by molar-refractivity contribution is 6.34. The summed E-state index contributed by atoms with van der Waals surface area (Å²) in [6.45, 7) is 0. The van der Waals surface area contributed by atoms with Gasteiger partial charge in [-0.15, -0.1) is 0 Å². The van der Waals surface area contributed by atoms with Crippen LogP contribution in [-0.2, 0) is 11.2 Å². The van der Waals surface area contributed by atoms with Crippen molar-refractivity contribution >= 4 is 40.0 Å². The summed E-state index contributed by atoms with van der Waals surface area (Å²) in [5.74, 6) is -1.18. The van der Waals surface area contributed by atoms with Crippen LogP contribution in [0.25, 0.3) is 10.9 Å². The first-order valence-corrected chi connectivity index (χ1v) is 7.91. The Morgan fingerprint density at radius 1 is 1.15 bits per heavy atom. The van der Waals surface area contributed by atoms with E-state index in [1.165, 1.54) is 12.1 Å². The smallest absolute Gasteiger partial charge is 0.271 e. The lowest BCUT2D eigenvalue weighted by atomic mass is 10.1. The zero-order chi connectivity index (χ0) is 18.7. The predicted octanol–water partition coefficient (Wildman–Crippen LogP) is 2.73. The van der Waals surface area contributed by atoms with Crippen LogP contribution in [-0.4, -0.2) is 21.7 Å². The molecule has 0 fully saturated rings. The van der Waals surface area contributed by atoms with E-state index in [1.54, 1.807) is 6.20 Å². The molecule has 0 aliphatic heterocycles. The molecule has 0 saturated carbocycles. The minimum atomic E-state index is -0.744. The molecule has 1 heterocycles. The molecular formula is C17H13ClN4O4. The first-order valence-electron chi connectivity index (χ1n) is 7.54. The molecule has 26 heavy (non-hydrogen) atoms. The normalized spacial score (nSPS) is 10.5. The van der Waals surface area contributed by atoms with Crippen molar-refractivity contribution in [3.8, 4) is 0 Å². The number of fused-ring (bicyclic) bond motifs is 1. The number of hydrogen-bond acceptors (Lipinski definition) is 4. The summed E-state index contributed by atoms with van der Waals surface area (Å²) >= 11 is 5.89. The minimum absolute atomic E-state index is 0.0407. The average molecular weight is 373 g/mol. The number of carbonyl (C=O) groups excluding carboxylic acids is 2. The number of hydrogen-bond donors (Lipinski definition) is 3. The van der Waals surface area contributed by atoms with Crippen molar-refractivity contribution in [1.82, 2.24) is 15.8 Å². The number of amides is 2. The topological polar surface area (TPSA) is 117 Å². The van der Waals surface area contributed by atoms with Gasteiger partial charge in [0.25, 0.3) is 11.6 Å². The van der Waals surface area contributed by atoms with Gasteiger partial charge < -0.3 is 4.98 Å². The van der Waals surface area contributed by atoms with Crippen molar-refractivity contribution in [1.29, 1.82) is 0 Å². The van der Waals surface area contributed by atoms with Crippen molar-refractivity contribution < 1.29 is 14.5 Å². The molecule has 3 N–H and O–H groups in total. The van der Waals surface area contributed by atoms with Crippen LogP contribution in [0.15, 0.2) is 48.7 Å². The number of para-hydroxylation sites is 1. The van der Waals surface area contributed by atoms with Gasteiger partial charge in [-0.2, -0.15) is 0 Å². The molecule has 3 aromatic rings. The second-order valence-corrected chi connectivity index (χ2v) is 5.87. The monoisotopic (exact) mass is 372 g/mol. The van der Waals surface area contributed by atoms with Crippen LogP contribution in [0, 0.1) is 10.1 Å². The maximum absolute atomic E-state index is 12.1. The summed E-state index contributed by atoms with van der Waals surface area (Å²) in [5.41, 5.74) is 5.80. The number of hydrazine groups is 1. The van der Waals surface area contributed by atoms with Crippen LogP contribution >= 0.6 is 11.6 Å². The van der Waals surface area contributed by atoms with Gasteiger partial charge in [0, 0.05) is 29.2 Å². The van der Waals surface area contributed by atoms with E-state index in [9.17, 15) is 19.7 Å². The van der Waals surface area contributed by atoms with Gasteiger partial charge in [-0.25, -0.2) is 0 Å². The lowest BCUT2D eigenvalue weighted by Gasteiger charge is -2.08. The van der Waals surface area contributed by atoms with E-state index in [1.807, 2.05) is 24.3 Å². The average Bonchev–Trinajstić information content (AvgIpc) is 3.03. The molecule has 0 spiro atoms. The maximum atomic E-state index is 12.1. The van der Waals surface area contributed by atoms with Crippen LogP contribution in [0.5, 0.6) is 0 Å². The molecule has 0 radical (unpaired) electrons. The molecule has 132 valence electrons. The number of aromatic nitrogens is 1. The standard InChI is InChI=1S/C17H13ClN4O4/c18-14-6-5-11(22(25)26)8-13(14)17(24)21-20-16(23)7-10-9-19-15-4-2-1-3-12(10)15/h1-6,8-9,19H,7H2,(H,20,23)(H,21,24). The van der Waals surface area contributed by atoms with Gasteiger partial charge in [0.05, 0.1) is 21.9 Å². The van der Waals surface area contributed by atoms with Gasteiger partial charge in [0.1, 0.15) is 0 Å². The van der Waals surface area contributed by atoms with Gasteiger partial charge in [-0.05, 0) is 17.7 Å². The number of nitrogens with zero attached hydrogens (tertiary/aromatic N) is 1. The van der Waals surface area contributed by atoms with Crippen LogP contribution in [0.4, 0.5) is 5.69 Å². The Labute approximate surface area is 152 Å². The molecule has 0 unspecified atom stereocenters. The molecule has 0 aliphatic carbocycles. The first kappa shape index (κ1) is 17.4. The Hall–Kier alpha value is -3.39. The van der Waals surface area contributed by atoms with Gasteiger partial charge in [0.2, 0.25) is 5.91 Å². The Bertz CT molecular complexity index is 1010. The van der Waals surface area contributed by atoms with E-state index in [4.69, 9.17) is 11.6 Å². The number of nitro groups is 1. The van der Waals surface area contributed by atoms with Crippen LogP contribution in [0.3, 0.4) is 0 Å². The molecule has 8 nitrogen and oxygen atoms in total. The van der Waals surface area contributed by atoms with Crippen LogP contribution < -0.4 is 10.9 Å². The summed E-state index contributed by atoms with van der Waals surface area (Å²) < 4.78 is 0. The van der Waals surface area contributed by atoms with Crippen molar-refractivity contribution in [2.75, 3.05) is 0 Å². The molecule has 0 saturated heterocycles.